The molecule has 1 atom stereocenters. The van der Waals surface area contributed by atoms with E-state index in [4.69, 9.17) is 4.74 Å². The lowest BCUT2D eigenvalue weighted by atomic mass is 10.2. The highest BCUT2D eigenvalue weighted by atomic mass is 32.1. The van der Waals surface area contributed by atoms with Crippen molar-refractivity contribution in [1.82, 2.24) is 9.88 Å². The second-order valence-electron chi connectivity index (χ2n) is 5.88. The van der Waals surface area contributed by atoms with Crippen LogP contribution in [0.5, 0.6) is 5.75 Å². The second kappa shape index (κ2) is 7.63. The Bertz CT molecular complexity index is 827. The molecule has 1 unspecified atom stereocenters. The minimum absolute atomic E-state index is 0.0474. The fraction of sp³-hybridized carbons (Fsp3) is 0.263. The first-order valence-electron chi connectivity index (χ1n) is 8.06. The maximum atomic E-state index is 12.5. The number of nitrogens with one attached hydrogen (secondary N) is 1. The fourth-order valence-corrected chi connectivity index (χ4v) is 3.49. The number of carbonyl (C=O) groups excluding carboxylic acids is 1. The summed E-state index contributed by atoms with van der Waals surface area (Å²) in [5, 5.41) is 3.94. The van der Waals surface area contributed by atoms with Gasteiger partial charge in [0.15, 0.2) is 0 Å². The van der Waals surface area contributed by atoms with Crippen LogP contribution >= 0.6 is 11.3 Å². The molecule has 0 aliphatic rings. The van der Waals surface area contributed by atoms with Crippen LogP contribution in [0.2, 0.25) is 0 Å². The first-order chi connectivity index (χ1) is 12.1. The molecule has 0 aliphatic carbocycles. The molecule has 2 aromatic carbocycles. The third-order valence-electron chi connectivity index (χ3n) is 4.12. The van der Waals surface area contributed by atoms with Gasteiger partial charge in [0.1, 0.15) is 10.8 Å². The zero-order valence-electron chi connectivity index (χ0n) is 14.5. The summed E-state index contributed by atoms with van der Waals surface area (Å²) in [5.41, 5.74) is 1.76. The molecule has 0 saturated carbocycles. The van der Waals surface area contributed by atoms with Gasteiger partial charge < -0.3 is 10.1 Å². The maximum absolute atomic E-state index is 12.5. The number of aromatic nitrogens is 1. The summed E-state index contributed by atoms with van der Waals surface area (Å²) in [6.07, 6.45) is 0. The number of anilines is 1. The Hall–Kier alpha value is -2.44. The second-order valence-corrected chi connectivity index (χ2v) is 7.00. The number of benzene rings is 2. The molecule has 6 heteroatoms. The Morgan fingerprint density at radius 2 is 1.96 bits per heavy atom. The highest BCUT2D eigenvalue weighted by Crippen LogP contribution is 2.23. The van der Waals surface area contributed by atoms with Crippen molar-refractivity contribution >= 4 is 33.1 Å². The molecule has 3 rings (SSSR count). The Kier molecular flexibility index (Phi) is 5.31. The largest absolute Gasteiger partial charge is 0.497 e. The number of para-hydroxylation sites is 1. The van der Waals surface area contributed by atoms with Gasteiger partial charge >= 0.3 is 0 Å². The first-order valence-corrected chi connectivity index (χ1v) is 8.88. The van der Waals surface area contributed by atoms with Crippen LogP contribution in [-0.2, 0) is 11.3 Å². The molecule has 25 heavy (non-hydrogen) atoms. The SMILES string of the molecule is COc1ccc(NC(=O)C(C)N(C)Cc2nc3ccccc3s2)cc1. The van der Waals surface area contributed by atoms with Crippen LogP contribution in [0, 0.1) is 0 Å². The van der Waals surface area contributed by atoms with Gasteiger partial charge in [0.05, 0.1) is 29.9 Å². The minimum Gasteiger partial charge on any atom is -0.497 e. The van der Waals surface area contributed by atoms with E-state index in [1.54, 1.807) is 18.4 Å². The average molecular weight is 355 g/mol. The van der Waals surface area contributed by atoms with E-state index in [1.165, 1.54) is 4.70 Å². The van der Waals surface area contributed by atoms with Gasteiger partial charge in [0, 0.05) is 5.69 Å². The number of amides is 1. The molecule has 0 saturated heterocycles. The standard InChI is InChI=1S/C19H21N3O2S/c1-13(19(23)20-14-8-10-15(24-3)11-9-14)22(2)12-18-21-16-6-4-5-7-17(16)25-18/h4-11,13H,12H2,1-3H3,(H,20,23). The smallest absolute Gasteiger partial charge is 0.241 e. The van der Waals surface area contributed by atoms with Crippen LogP contribution in [0.25, 0.3) is 10.2 Å². The number of carbonyl (C=O) groups is 1. The number of thiazole rings is 1. The summed E-state index contributed by atoms with van der Waals surface area (Å²) in [4.78, 5) is 19.1. The quantitative estimate of drug-likeness (QED) is 0.731. The molecule has 5 nitrogen and oxygen atoms in total. The molecule has 3 aromatic rings. The van der Waals surface area contributed by atoms with Crippen LogP contribution < -0.4 is 10.1 Å². The third kappa shape index (κ3) is 4.15. The number of hydrogen-bond acceptors (Lipinski definition) is 5. The van der Waals surface area contributed by atoms with Crippen molar-refractivity contribution in [3.8, 4) is 5.75 Å². The summed E-state index contributed by atoms with van der Waals surface area (Å²) in [7, 11) is 3.55. The van der Waals surface area contributed by atoms with E-state index in [2.05, 4.69) is 16.4 Å². The number of hydrogen-bond donors (Lipinski definition) is 1. The zero-order chi connectivity index (χ0) is 17.8. The van der Waals surface area contributed by atoms with Crippen molar-refractivity contribution < 1.29 is 9.53 Å². The summed E-state index contributed by atoms with van der Waals surface area (Å²) >= 11 is 1.66. The Morgan fingerprint density at radius 1 is 1.24 bits per heavy atom. The van der Waals surface area contributed by atoms with E-state index >= 15 is 0 Å². The van der Waals surface area contributed by atoms with E-state index in [9.17, 15) is 4.79 Å². The monoisotopic (exact) mass is 355 g/mol. The molecular formula is C19H21N3O2S. The van der Waals surface area contributed by atoms with Gasteiger partial charge in [-0.2, -0.15) is 0 Å². The molecule has 1 amide bonds. The molecule has 0 aliphatic heterocycles. The summed E-state index contributed by atoms with van der Waals surface area (Å²) in [5.74, 6) is 0.716. The van der Waals surface area contributed by atoms with E-state index in [0.29, 0.717) is 6.54 Å². The molecule has 1 heterocycles. The van der Waals surface area contributed by atoms with Crippen LogP contribution in [0.3, 0.4) is 0 Å². The predicted octanol–water partition coefficient (Wildman–Crippen LogP) is 3.76. The minimum atomic E-state index is -0.269. The molecular weight excluding hydrogens is 334 g/mol. The lowest BCUT2D eigenvalue weighted by Gasteiger charge is -2.22. The maximum Gasteiger partial charge on any atom is 0.241 e. The number of ether oxygens (including phenoxy) is 1. The molecule has 130 valence electrons. The Labute approximate surface area is 151 Å². The van der Waals surface area contributed by atoms with E-state index < -0.39 is 0 Å². The number of methoxy groups -OCH3 is 1. The molecule has 1 N–H and O–H groups in total. The highest BCUT2D eigenvalue weighted by molar-refractivity contribution is 7.18. The number of nitrogens with zero attached hydrogens (tertiary/aromatic N) is 2. The molecule has 0 bridgehead atoms. The van der Waals surface area contributed by atoms with E-state index in [1.807, 2.05) is 61.3 Å². The lowest BCUT2D eigenvalue weighted by molar-refractivity contribution is -0.120. The van der Waals surface area contributed by atoms with Crippen LogP contribution in [0.4, 0.5) is 5.69 Å². The van der Waals surface area contributed by atoms with Gasteiger partial charge in [0.25, 0.3) is 0 Å². The number of fused-ring (bicyclic) bond motifs is 1. The summed E-state index contributed by atoms with van der Waals surface area (Å²) < 4.78 is 6.29. The normalized spacial score (nSPS) is 12.3. The topological polar surface area (TPSA) is 54.5 Å². The Balaban J connectivity index is 1.62. The number of rotatable bonds is 6. The van der Waals surface area contributed by atoms with Gasteiger partial charge in [-0.15, -0.1) is 11.3 Å². The van der Waals surface area contributed by atoms with E-state index in [-0.39, 0.29) is 11.9 Å². The molecule has 0 radical (unpaired) electrons. The van der Waals surface area contributed by atoms with Crippen molar-refractivity contribution in [2.45, 2.75) is 19.5 Å². The van der Waals surface area contributed by atoms with Gasteiger partial charge in [-0.3, -0.25) is 9.69 Å². The summed E-state index contributed by atoms with van der Waals surface area (Å²) in [6.45, 7) is 2.53. The predicted molar refractivity (Wildman–Crippen MR) is 102 cm³/mol. The molecule has 0 spiro atoms. The van der Waals surface area contributed by atoms with Crippen molar-refractivity contribution in [3.05, 3.63) is 53.5 Å². The Morgan fingerprint density at radius 3 is 2.64 bits per heavy atom. The van der Waals surface area contributed by atoms with Crippen LogP contribution in [0.15, 0.2) is 48.5 Å². The van der Waals surface area contributed by atoms with Crippen molar-refractivity contribution in [1.29, 1.82) is 0 Å². The van der Waals surface area contributed by atoms with E-state index in [0.717, 1.165) is 22.0 Å². The highest BCUT2D eigenvalue weighted by Gasteiger charge is 2.19. The number of likely N-dealkylation sites (N-methyl/N-ethyl adjacent to an activating group) is 1. The average Bonchev–Trinajstić information content (AvgIpc) is 3.03. The van der Waals surface area contributed by atoms with Crippen molar-refractivity contribution in [2.75, 3.05) is 19.5 Å². The lowest BCUT2D eigenvalue weighted by Crippen LogP contribution is -2.39. The van der Waals surface area contributed by atoms with Crippen LogP contribution in [-0.4, -0.2) is 36.0 Å². The summed E-state index contributed by atoms with van der Waals surface area (Å²) in [6, 6.07) is 15.1. The van der Waals surface area contributed by atoms with Gasteiger partial charge in [-0.1, -0.05) is 12.1 Å². The van der Waals surface area contributed by atoms with Crippen molar-refractivity contribution in [2.24, 2.45) is 0 Å². The van der Waals surface area contributed by atoms with Gasteiger partial charge in [0.2, 0.25) is 5.91 Å². The third-order valence-corrected chi connectivity index (χ3v) is 5.14. The fourth-order valence-electron chi connectivity index (χ4n) is 2.46. The van der Waals surface area contributed by atoms with Crippen molar-refractivity contribution in [3.63, 3.8) is 0 Å². The molecule has 1 aromatic heterocycles. The zero-order valence-corrected chi connectivity index (χ0v) is 15.3. The molecule has 0 fully saturated rings. The van der Waals surface area contributed by atoms with Gasteiger partial charge in [-0.05, 0) is 50.4 Å². The van der Waals surface area contributed by atoms with Crippen LogP contribution in [0.1, 0.15) is 11.9 Å². The first kappa shape index (κ1) is 17.4. The van der Waals surface area contributed by atoms with Gasteiger partial charge in [-0.25, -0.2) is 4.98 Å².